The van der Waals surface area contributed by atoms with Crippen LogP contribution in [0, 0.1) is 5.92 Å². The van der Waals surface area contributed by atoms with Crippen LogP contribution >= 0.6 is 0 Å². The molecule has 6 heteroatoms. The maximum absolute atomic E-state index is 12.3. The van der Waals surface area contributed by atoms with E-state index in [2.05, 4.69) is 19.2 Å². The van der Waals surface area contributed by atoms with E-state index in [1.54, 1.807) is 24.3 Å². The Balaban J connectivity index is 1.65. The number of hydrogen-bond donors (Lipinski definition) is 1. The Hall–Kier alpha value is -3.41. The topological polar surface area (TPSA) is 85.6 Å². The van der Waals surface area contributed by atoms with Crippen LogP contribution in [0.3, 0.4) is 0 Å². The van der Waals surface area contributed by atoms with Crippen molar-refractivity contribution in [2.45, 2.75) is 26.3 Å². The highest BCUT2D eigenvalue weighted by Gasteiger charge is 2.19. The molecule has 1 heterocycles. The van der Waals surface area contributed by atoms with Crippen molar-refractivity contribution in [1.82, 2.24) is 5.32 Å². The molecular weight excluding hydrogens is 370 g/mol. The van der Waals surface area contributed by atoms with E-state index in [1.807, 2.05) is 30.3 Å². The average Bonchev–Trinajstić information content (AvgIpc) is 2.72. The van der Waals surface area contributed by atoms with Crippen molar-refractivity contribution in [2.75, 3.05) is 6.61 Å². The van der Waals surface area contributed by atoms with Gasteiger partial charge in [-0.05, 0) is 30.0 Å². The van der Waals surface area contributed by atoms with Crippen molar-refractivity contribution >= 4 is 22.8 Å². The number of nitrogens with one attached hydrogen (secondary N) is 1. The van der Waals surface area contributed by atoms with Gasteiger partial charge in [0.15, 0.2) is 12.0 Å². The van der Waals surface area contributed by atoms with Crippen LogP contribution in [0.5, 0.6) is 0 Å². The summed E-state index contributed by atoms with van der Waals surface area (Å²) in [7, 11) is 0. The molecule has 29 heavy (non-hydrogen) atoms. The second kappa shape index (κ2) is 9.19. The Bertz CT molecular complexity index is 1060. The molecule has 0 spiro atoms. The fraction of sp³-hybridized carbons (Fsp3) is 0.261. The number of amides is 1. The SMILES string of the molecule is CC(C)CC(NC(=O)COC(=O)c1cc(=O)c2ccccc2o1)c1ccccc1. The second-order valence-electron chi connectivity index (χ2n) is 7.21. The minimum absolute atomic E-state index is 0.180. The van der Waals surface area contributed by atoms with Gasteiger partial charge in [-0.3, -0.25) is 9.59 Å². The van der Waals surface area contributed by atoms with Gasteiger partial charge in [0.05, 0.1) is 11.4 Å². The van der Waals surface area contributed by atoms with Crippen molar-refractivity contribution in [3.05, 3.63) is 82.2 Å². The minimum atomic E-state index is -0.858. The molecule has 1 aromatic heterocycles. The molecule has 0 aliphatic heterocycles. The molecule has 0 aliphatic carbocycles. The van der Waals surface area contributed by atoms with Gasteiger partial charge in [-0.1, -0.05) is 56.3 Å². The average molecular weight is 393 g/mol. The number of hydrogen-bond acceptors (Lipinski definition) is 5. The molecule has 1 N–H and O–H groups in total. The number of benzene rings is 2. The molecule has 150 valence electrons. The van der Waals surface area contributed by atoms with Gasteiger partial charge in [-0.25, -0.2) is 4.79 Å². The predicted molar refractivity (Wildman–Crippen MR) is 110 cm³/mol. The van der Waals surface area contributed by atoms with E-state index in [0.717, 1.165) is 18.1 Å². The number of fused-ring (bicyclic) bond motifs is 1. The first-order valence-electron chi connectivity index (χ1n) is 9.48. The summed E-state index contributed by atoms with van der Waals surface area (Å²) in [5, 5.41) is 3.28. The summed E-state index contributed by atoms with van der Waals surface area (Å²) in [6.07, 6.45) is 0.753. The summed E-state index contributed by atoms with van der Waals surface area (Å²) >= 11 is 0. The van der Waals surface area contributed by atoms with Gasteiger partial charge in [0.2, 0.25) is 5.76 Å². The van der Waals surface area contributed by atoms with Crippen LogP contribution in [0.2, 0.25) is 0 Å². The van der Waals surface area contributed by atoms with Crippen molar-refractivity contribution in [2.24, 2.45) is 5.92 Å². The lowest BCUT2D eigenvalue weighted by molar-refractivity contribution is -0.125. The molecule has 0 fully saturated rings. The van der Waals surface area contributed by atoms with Crippen molar-refractivity contribution in [3.8, 4) is 0 Å². The molecule has 0 saturated carbocycles. The molecule has 0 radical (unpaired) electrons. The molecule has 1 amide bonds. The molecule has 6 nitrogen and oxygen atoms in total. The second-order valence-corrected chi connectivity index (χ2v) is 7.21. The van der Waals surface area contributed by atoms with Crippen molar-refractivity contribution < 1.29 is 18.7 Å². The van der Waals surface area contributed by atoms with Gasteiger partial charge in [0, 0.05) is 6.07 Å². The van der Waals surface area contributed by atoms with Gasteiger partial charge in [0.1, 0.15) is 5.58 Å². The van der Waals surface area contributed by atoms with Gasteiger partial charge in [-0.2, -0.15) is 0 Å². The lowest BCUT2D eigenvalue weighted by Gasteiger charge is -2.21. The maximum atomic E-state index is 12.3. The predicted octanol–water partition coefficient (Wildman–Crippen LogP) is 3.85. The Morgan fingerprint density at radius 1 is 1.03 bits per heavy atom. The zero-order valence-electron chi connectivity index (χ0n) is 16.4. The summed E-state index contributed by atoms with van der Waals surface area (Å²) in [5.74, 6) is -1.14. The number of esters is 1. The number of rotatable bonds is 7. The van der Waals surface area contributed by atoms with Crippen LogP contribution in [0.1, 0.15) is 42.4 Å². The van der Waals surface area contributed by atoms with Gasteiger partial charge in [-0.15, -0.1) is 0 Å². The first-order valence-corrected chi connectivity index (χ1v) is 9.48. The van der Waals surface area contributed by atoms with Crippen LogP contribution in [0.4, 0.5) is 0 Å². The summed E-state index contributed by atoms with van der Waals surface area (Å²) in [6, 6.07) is 17.2. The lowest BCUT2D eigenvalue weighted by atomic mass is 9.97. The molecule has 0 aliphatic rings. The highest BCUT2D eigenvalue weighted by molar-refractivity contribution is 5.90. The van der Waals surface area contributed by atoms with E-state index in [0.29, 0.717) is 11.3 Å². The van der Waals surface area contributed by atoms with Crippen LogP contribution < -0.4 is 10.7 Å². The summed E-state index contributed by atoms with van der Waals surface area (Å²) in [6.45, 7) is 3.69. The first-order chi connectivity index (χ1) is 13.9. The summed E-state index contributed by atoms with van der Waals surface area (Å²) < 4.78 is 10.5. The monoisotopic (exact) mass is 393 g/mol. The molecule has 3 rings (SSSR count). The van der Waals surface area contributed by atoms with E-state index in [1.165, 1.54) is 0 Å². The normalized spacial score (nSPS) is 12.0. The van der Waals surface area contributed by atoms with E-state index < -0.39 is 18.5 Å². The molecular formula is C23H23NO5. The van der Waals surface area contributed by atoms with Gasteiger partial charge < -0.3 is 14.5 Å². The number of carbonyl (C=O) groups excluding carboxylic acids is 2. The van der Waals surface area contributed by atoms with Crippen molar-refractivity contribution in [1.29, 1.82) is 0 Å². The Morgan fingerprint density at radius 3 is 2.45 bits per heavy atom. The zero-order valence-corrected chi connectivity index (χ0v) is 16.4. The molecule has 0 saturated heterocycles. The van der Waals surface area contributed by atoms with Crippen LogP contribution in [0.15, 0.2) is 69.9 Å². The van der Waals surface area contributed by atoms with E-state index in [9.17, 15) is 14.4 Å². The van der Waals surface area contributed by atoms with Crippen molar-refractivity contribution in [3.63, 3.8) is 0 Å². The third-order valence-electron chi connectivity index (χ3n) is 4.41. The third-order valence-corrected chi connectivity index (χ3v) is 4.41. The smallest absolute Gasteiger partial charge is 0.374 e. The maximum Gasteiger partial charge on any atom is 0.374 e. The quantitative estimate of drug-likeness (QED) is 0.616. The standard InChI is InChI=1S/C23H23NO5/c1-15(2)12-18(16-8-4-3-5-9-16)24-22(26)14-28-23(27)21-13-19(25)17-10-6-7-11-20(17)29-21/h3-11,13,15,18H,12,14H2,1-2H3,(H,24,26). The van der Waals surface area contributed by atoms with E-state index in [4.69, 9.17) is 9.15 Å². The highest BCUT2D eigenvalue weighted by atomic mass is 16.5. The fourth-order valence-corrected chi connectivity index (χ4v) is 3.08. The van der Waals surface area contributed by atoms with Gasteiger partial charge >= 0.3 is 5.97 Å². The van der Waals surface area contributed by atoms with E-state index >= 15 is 0 Å². The fourth-order valence-electron chi connectivity index (χ4n) is 3.08. The summed E-state index contributed by atoms with van der Waals surface area (Å²) in [5.41, 5.74) is 0.934. The van der Waals surface area contributed by atoms with Gasteiger partial charge in [0.25, 0.3) is 5.91 Å². The molecule has 1 atom stereocenters. The number of ether oxygens (including phenoxy) is 1. The molecule has 2 aromatic carbocycles. The Kier molecular flexibility index (Phi) is 6.44. The molecule has 3 aromatic rings. The molecule has 1 unspecified atom stereocenters. The summed E-state index contributed by atoms with van der Waals surface area (Å²) in [4.78, 5) is 36.7. The Labute approximate surface area is 168 Å². The van der Waals surface area contributed by atoms with Crippen LogP contribution in [-0.2, 0) is 9.53 Å². The number of carbonyl (C=O) groups is 2. The van der Waals surface area contributed by atoms with Crippen LogP contribution in [-0.4, -0.2) is 18.5 Å². The highest BCUT2D eigenvalue weighted by Crippen LogP contribution is 2.21. The largest absolute Gasteiger partial charge is 0.450 e. The third kappa shape index (κ3) is 5.31. The van der Waals surface area contributed by atoms with Crippen LogP contribution in [0.25, 0.3) is 11.0 Å². The first kappa shape index (κ1) is 20.3. The lowest BCUT2D eigenvalue weighted by Crippen LogP contribution is -2.33. The number of para-hydroxylation sites is 1. The minimum Gasteiger partial charge on any atom is -0.450 e. The Morgan fingerprint density at radius 2 is 1.72 bits per heavy atom. The molecule has 0 bridgehead atoms. The van der Waals surface area contributed by atoms with E-state index in [-0.39, 0.29) is 22.8 Å². The zero-order chi connectivity index (χ0) is 20.8.